The quantitative estimate of drug-likeness (QED) is 0.773. The molecule has 5 nitrogen and oxygen atoms in total. The summed E-state index contributed by atoms with van der Waals surface area (Å²) in [5, 5.41) is 0. The number of benzene rings is 1. The molecule has 1 amide bonds. The monoisotopic (exact) mass is 336 g/mol. The number of esters is 1. The van der Waals surface area contributed by atoms with Gasteiger partial charge in [-0.1, -0.05) is 26.0 Å². The van der Waals surface area contributed by atoms with Gasteiger partial charge in [-0.15, -0.1) is 0 Å². The molecule has 1 aliphatic heterocycles. The van der Waals surface area contributed by atoms with E-state index in [1.54, 1.807) is 12.1 Å². The lowest BCUT2D eigenvalue weighted by molar-refractivity contribution is -0.142. The van der Waals surface area contributed by atoms with Crippen molar-refractivity contribution in [1.29, 1.82) is 0 Å². The van der Waals surface area contributed by atoms with Gasteiger partial charge in [-0.05, 0) is 23.6 Å². The summed E-state index contributed by atoms with van der Waals surface area (Å²) in [5.41, 5.74) is 0.900. The predicted molar refractivity (Wildman–Crippen MR) is 88.6 cm³/mol. The molecule has 1 aromatic carbocycles. The van der Waals surface area contributed by atoms with Crippen molar-refractivity contribution in [3.8, 4) is 0 Å². The molecule has 0 aromatic heterocycles. The molecule has 0 N–H and O–H groups in total. The molecule has 1 saturated heterocycles. The van der Waals surface area contributed by atoms with Crippen LogP contribution in [0, 0.1) is 11.7 Å². The van der Waals surface area contributed by atoms with Crippen LogP contribution in [0.5, 0.6) is 0 Å². The van der Waals surface area contributed by atoms with Gasteiger partial charge in [0.15, 0.2) is 0 Å². The van der Waals surface area contributed by atoms with Crippen LogP contribution in [0.1, 0.15) is 25.8 Å². The van der Waals surface area contributed by atoms with Crippen LogP contribution in [0.4, 0.5) is 4.39 Å². The lowest BCUT2D eigenvalue weighted by atomic mass is 10.0. The Labute approximate surface area is 142 Å². The van der Waals surface area contributed by atoms with E-state index in [0.717, 1.165) is 5.56 Å². The van der Waals surface area contributed by atoms with Crippen molar-refractivity contribution in [3.05, 3.63) is 35.6 Å². The summed E-state index contributed by atoms with van der Waals surface area (Å²) >= 11 is 0. The highest BCUT2D eigenvalue weighted by molar-refractivity contribution is 5.77. The smallest absolute Gasteiger partial charge is 0.319 e. The fraction of sp³-hybridized carbons (Fsp3) is 0.556. The number of rotatable bonds is 5. The molecule has 6 heteroatoms. The van der Waals surface area contributed by atoms with Crippen LogP contribution in [0.3, 0.4) is 0 Å². The number of nitrogens with zero attached hydrogens (tertiary/aromatic N) is 2. The minimum Gasteiger partial charge on any atom is -0.468 e. The highest BCUT2D eigenvalue weighted by atomic mass is 19.1. The summed E-state index contributed by atoms with van der Waals surface area (Å²) in [7, 11) is 1.37. The normalized spacial score (nSPS) is 19.5. The number of amides is 1. The van der Waals surface area contributed by atoms with E-state index < -0.39 is 0 Å². The molecule has 0 saturated carbocycles. The van der Waals surface area contributed by atoms with Crippen molar-refractivity contribution >= 4 is 11.9 Å². The first-order valence-electron chi connectivity index (χ1n) is 8.23. The Hall–Kier alpha value is -1.95. The molecule has 0 bridgehead atoms. The Balaban J connectivity index is 2.16. The third kappa shape index (κ3) is 4.77. The van der Waals surface area contributed by atoms with Gasteiger partial charge in [-0.25, -0.2) is 4.39 Å². The zero-order valence-electron chi connectivity index (χ0n) is 14.5. The standard InChI is InChI=1S/C18H25FN2O3/c1-13(2)16-11-20(12-18(23)24-3)9-8-17(22)21(16)10-14-4-6-15(19)7-5-14/h4-7,13,16H,8-12H2,1-3H3. The van der Waals surface area contributed by atoms with E-state index in [-0.39, 0.29) is 36.2 Å². The van der Waals surface area contributed by atoms with Crippen molar-refractivity contribution in [2.24, 2.45) is 5.92 Å². The molecule has 1 fully saturated rings. The first-order valence-corrected chi connectivity index (χ1v) is 8.23. The lowest BCUT2D eigenvalue weighted by Gasteiger charge is -2.34. The van der Waals surface area contributed by atoms with Gasteiger partial charge in [0.25, 0.3) is 0 Å². The van der Waals surface area contributed by atoms with Crippen molar-refractivity contribution < 1.29 is 18.7 Å². The minimum atomic E-state index is -0.295. The molecule has 0 aliphatic carbocycles. The number of carbonyl (C=O) groups excluding carboxylic acids is 2. The predicted octanol–water partition coefficient (Wildman–Crippen LogP) is 2.06. The molecule has 0 spiro atoms. The van der Waals surface area contributed by atoms with Crippen molar-refractivity contribution in [2.45, 2.75) is 32.9 Å². The van der Waals surface area contributed by atoms with Crippen LogP contribution < -0.4 is 0 Å². The van der Waals surface area contributed by atoms with E-state index in [2.05, 4.69) is 13.8 Å². The maximum absolute atomic E-state index is 13.1. The van der Waals surface area contributed by atoms with E-state index in [1.165, 1.54) is 19.2 Å². The highest BCUT2D eigenvalue weighted by Crippen LogP contribution is 2.21. The van der Waals surface area contributed by atoms with Gasteiger partial charge in [0.2, 0.25) is 5.91 Å². The summed E-state index contributed by atoms with van der Waals surface area (Å²) in [4.78, 5) is 28.0. The maximum atomic E-state index is 13.1. The number of methoxy groups -OCH3 is 1. The summed E-state index contributed by atoms with van der Waals surface area (Å²) in [6.45, 7) is 5.94. The Morgan fingerprint density at radius 2 is 2.00 bits per heavy atom. The van der Waals surface area contributed by atoms with Gasteiger partial charge in [0, 0.05) is 32.1 Å². The zero-order valence-corrected chi connectivity index (χ0v) is 14.5. The first kappa shape index (κ1) is 18.4. The van der Waals surface area contributed by atoms with Crippen LogP contribution in [0.25, 0.3) is 0 Å². The largest absolute Gasteiger partial charge is 0.468 e. The molecule has 1 heterocycles. The van der Waals surface area contributed by atoms with E-state index in [4.69, 9.17) is 4.74 Å². The summed E-state index contributed by atoms with van der Waals surface area (Å²) in [6, 6.07) is 6.22. The average molecular weight is 336 g/mol. The number of ether oxygens (including phenoxy) is 1. The fourth-order valence-electron chi connectivity index (χ4n) is 2.99. The SMILES string of the molecule is COC(=O)CN1CCC(=O)N(Cc2ccc(F)cc2)C(C(C)C)C1. The molecule has 24 heavy (non-hydrogen) atoms. The molecular formula is C18H25FN2O3. The van der Waals surface area contributed by atoms with E-state index >= 15 is 0 Å². The Kier molecular flexibility index (Phi) is 6.31. The number of hydrogen-bond donors (Lipinski definition) is 0. The van der Waals surface area contributed by atoms with Crippen molar-refractivity contribution in [1.82, 2.24) is 9.80 Å². The average Bonchev–Trinajstić information content (AvgIpc) is 2.70. The van der Waals surface area contributed by atoms with Gasteiger partial charge < -0.3 is 9.64 Å². The third-order valence-electron chi connectivity index (χ3n) is 4.42. The molecule has 132 valence electrons. The molecule has 0 radical (unpaired) electrons. The number of halogens is 1. The molecule has 1 atom stereocenters. The molecule has 2 rings (SSSR count). The van der Waals surface area contributed by atoms with Gasteiger partial charge >= 0.3 is 5.97 Å². The van der Waals surface area contributed by atoms with Crippen LogP contribution in [-0.2, 0) is 20.9 Å². The van der Waals surface area contributed by atoms with Gasteiger partial charge in [0.1, 0.15) is 5.82 Å². The zero-order chi connectivity index (χ0) is 17.7. The van der Waals surface area contributed by atoms with E-state index in [0.29, 0.717) is 26.1 Å². The molecule has 1 unspecified atom stereocenters. The highest BCUT2D eigenvalue weighted by Gasteiger charge is 2.32. The van der Waals surface area contributed by atoms with Gasteiger partial charge in [-0.2, -0.15) is 0 Å². The number of hydrogen-bond acceptors (Lipinski definition) is 4. The van der Waals surface area contributed by atoms with E-state index in [1.807, 2.05) is 9.80 Å². The third-order valence-corrected chi connectivity index (χ3v) is 4.42. The second-order valence-corrected chi connectivity index (χ2v) is 6.52. The molecule has 1 aromatic rings. The topological polar surface area (TPSA) is 49.9 Å². The van der Waals surface area contributed by atoms with Crippen LogP contribution in [-0.4, -0.2) is 54.5 Å². The summed E-state index contributed by atoms with van der Waals surface area (Å²) in [6.07, 6.45) is 0.363. The van der Waals surface area contributed by atoms with Crippen LogP contribution in [0.15, 0.2) is 24.3 Å². The van der Waals surface area contributed by atoms with Gasteiger partial charge in [-0.3, -0.25) is 14.5 Å². The van der Waals surface area contributed by atoms with Gasteiger partial charge in [0.05, 0.1) is 13.7 Å². The minimum absolute atomic E-state index is 0.00490. The maximum Gasteiger partial charge on any atom is 0.319 e. The van der Waals surface area contributed by atoms with Crippen LogP contribution >= 0.6 is 0 Å². The fourth-order valence-corrected chi connectivity index (χ4v) is 2.99. The Bertz CT molecular complexity index is 574. The second-order valence-electron chi connectivity index (χ2n) is 6.52. The number of carbonyl (C=O) groups is 2. The Morgan fingerprint density at radius 1 is 1.33 bits per heavy atom. The van der Waals surface area contributed by atoms with Crippen LogP contribution in [0.2, 0.25) is 0 Å². The summed E-state index contributed by atoms with van der Waals surface area (Å²) < 4.78 is 17.8. The Morgan fingerprint density at radius 3 is 2.58 bits per heavy atom. The van der Waals surface area contributed by atoms with Crippen molar-refractivity contribution in [2.75, 3.05) is 26.7 Å². The summed E-state index contributed by atoms with van der Waals surface area (Å²) in [5.74, 6) is -0.277. The first-order chi connectivity index (χ1) is 11.4. The van der Waals surface area contributed by atoms with Crippen molar-refractivity contribution in [3.63, 3.8) is 0 Å². The molecule has 1 aliphatic rings. The second kappa shape index (κ2) is 8.24. The molecular weight excluding hydrogens is 311 g/mol. The van der Waals surface area contributed by atoms with E-state index in [9.17, 15) is 14.0 Å². The lowest BCUT2D eigenvalue weighted by Crippen LogP contribution is -2.46.